The van der Waals surface area contributed by atoms with Crippen molar-refractivity contribution in [2.45, 2.75) is 64.6 Å². The molecule has 0 aromatic rings. The number of hydrogen-bond acceptors (Lipinski definition) is 4. The molecule has 0 aromatic heterocycles. The topological polar surface area (TPSA) is 61.8 Å². The molecular formula is C14H28N2O3. The molecule has 2 atom stereocenters. The van der Waals surface area contributed by atoms with Gasteiger partial charge in [-0.05, 0) is 47.0 Å². The van der Waals surface area contributed by atoms with Crippen LogP contribution in [-0.4, -0.2) is 53.5 Å². The molecule has 1 fully saturated rings. The number of likely N-dealkylation sites (tertiary alicyclic amines) is 1. The minimum absolute atomic E-state index is 0.144. The summed E-state index contributed by atoms with van der Waals surface area (Å²) in [6.07, 6.45) is 2.77. The van der Waals surface area contributed by atoms with E-state index in [1.165, 1.54) is 0 Å². The zero-order valence-electron chi connectivity index (χ0n) is 12.6. The maximum atomic E-state index is 12.1. The fourth-order valence-electron chi connectivity index (χ4n) is 2.44. The Bertz CT molecular complexity index is 289. The lowest BCUT2D eigenvalue weighted by molar-refractivity contribution is 0.0214. The summed E-state index contributed by atoms with van der Waals surface area (Å²) in [4.78, 5) is 14.0. The summed E-state index contributed by atoms with van der Waals surface area (Å²) in [6, 6.07) is 0.538. The molecule has 2 N–H and O–H groups in total. The molecule has 5 nitrogen and oxygen atoms in total. The van der Waals surface area contributed by atoms with Crippen molar-refractivity contribution in [1.82, 2.24) is 10.2 Å². The molecule has 19 heavy (non-hydrogen) atoms. The number of rotatable bonds is 5. The smallest absolute Gasteiger partial charge is 0.410 e. The van der Waals surface area contributed by atoms with Gasteiger partial charge in [0.05, 0.1) is 6.61 Å². The van der Waals surface area contributed by atoms with E-state index in [9.17, 15) is 4.79 Å². The Kier molecular flexibility index (Phi) is 6.07. The number of carbonyl (C=O) groups is 1. The van der Waals surface area contributed by atoms with Gasteiger partial charge in [0.1, 0.15) is 5.60 Å². The predicted molar refractivity (Wildman–Crippen MR) is 75.1 cm³/mol. The first-order chi connectivity index (χ1) is 8.83. The first-order valence-electron chi connectivity index (χ1n) is 7.17. The summed E-state index contributed by atoms with van der Waals surface area (Å²) >= 11 is 0. The van der Waals surface area contributed by atoms with E-state index in [4.69, 9.17) is 9.84 Å². The number of aliphatic hydroxyl groups excluding tert-OH is 1. The SMILES string of the molecule is CC(CC1CCCN1C(=O)OC(C)(C)C)NCCO. The summed E-state index contributed by atoms with van der Waals surface area (Å²) in [5.41, 5.74) is -0.440. The van der Waals surface area contributed by atoms with Gasteiger partial charge in [0.25, 0.3) is 0 Å². The first-order valence-corrected chi connectivity index (χ1v) is 7.17. The number of nitrogens with zero attached hydrogens (tertiary/aromatic N) is 1. The summed E-state index contributed by atoms with van der Waals surface area (Å²) in [6.45, 7) is 9.28. The maximum absolute atomic E-state index is 12.1. The molecule has 112 valence electrons. The lowest BCUT2D eigenvalue weighted by atomic mass is 10.1. The van der Waals surface area contributed by atoms with Crippen molar-refractivity contribution < 1.29 is 14.6 Å². The average molecular weight is 272 g/mol. The van der Waals surface area contributed by atoms with Crippen molar-refractivity contribution >= 4 is 6.09 Å². The Balaban J connectivity index is 2.47. The molecular weight excluding hydrogens is 244 g/mol. The van der Waals surface area contributed by atoms with E-state index < -0.39 is 5.60 Å². The van der Waals surface area contributed by atoms with Crippen LogP contribution in [0.5, 0.6) is 0 Å². The van der Waals surface area contributed by atoms with E-state index in [1.807, 2.05) is 25.7 Å². The van der Waals surface area contributed by atoms with E-state index in [1.54, 1.807) is 0 Å². The van der Waals surface area contributed by atoms with Gasteiger partial charge in [0.2, 0.25) is 0 Å². The van der Waals surface area contributed by atoms with E-state index in [-0.39, 0.29) is 18.7 Å². The van der Waals surface area contributed by atoms with Crippen molar-refractivity contribution in [2.24, 2.45) is 0 Å². The molecule has 0 aromatic carbocycles. The van der Waals surface area contributed by atoms with Gasteiger partial charge in [-0.25, -0.2) is 4.79 Å². The fraction of sp³-hybridized carbons (Fsp3) is 0.929. The highest BCUT2D eigenvalue weighted by molar-refractivity contribution is 5.68. The quantitative estimate of drug-likeness (QED) is 0.800. The third kappa shape index (κ3) is 5.78. The fourth-order valence-corrected chi connectivity index (χ4v) is 2.44. The molecule has 0 radical (unpaired) electrons. The number of hydrogen-bond donors (Lipinski definition) is 2. The third-order valence-corrected chi connectivity index (χ3v) is 3.24. The summed E-state index contributed by atoms with van der Waals surface area (Å²) in [5, 5.41) is 12.0. The Morgan fingerprint density at radius 3 is 2.79 bits per heavy atom. The molecule has 0 spiro atoms. The molecule has 0 bridgehead atoms. The highest BCUT2D eigenvalue weighted by atomic mass is 16.6. The number of carbonyl (C=O) groups excluding carboxylic acids is 1. The van der Waals surface area contributed by atoms with Gasteiger partial charge in [-0.15, -0.1) is 0 Å². The molecule has 1 rings (SSSR count). The Morgan fingerprint density at radius 2 is 2.21 bits per heavy atom. The first kappa shape index (κ1) is 16.2. The monoisotopic (exact) mass is 272 g/mol. The highest BCUT2D eigenvalue weighted by Crippen LogP contribution is 2.23. The molecule has 2 unspecified atom stereocenters. The van der Waals surface area contributed by atoms with Crippen LogP contribution in [0.4, 0.5) is 4.79 Å². The Morgan fingerprint density at radius 1 is 1.53 bits per heavy atom. The number of aliphatic hydroxyl groups is 1. The van der Waals surface area contributed by atoms with Crippen molar-refractivity contribution in [3.63, 3.8) is 0 Å². The summed E-state index contributed by atoms with van der Waals surface area (Å²) in [5.74, 6) is 0. The number of amides is 1. The van der Waals surface area contributed by atoms with Crippen LogP contribution in [-0.2, 0) is 4.74 Å². The van der Waals surface area contributed by atoms with E-state index in [2.05, 4.69) is 12.2 Å². The van der Waals surface area contributed by atoms with Crippen LogP contribution in [0.25, 0.3) is 0 Å². The van der Waals surface area contributed by atoms with Crippen molar-refractivity contribution in [3.8, 4) is 0 Å². The van der Waals surface area contributed by atoms with Gasteiger partial charge in [-0.2, -0.15) is 0 Å². The number of nitrogens with one attached hydrogen (secondary N) is 1. The van der Waals surface area contributed by atoms with Crippen molar-refractivity contribution in [2.75, 3.05) is 19.7 Å². The molecule has 1 saturated heterocycles. The molecule has 5 heteroatoms. The van der Waals surface area contributed by atoms with Crippen LogP contribution in [0.3, 0.4) is 0 Å². The van der Waals surface area contributed by atoms with Gasteiger partial charge < -0.3 is 20.1 Å². The second-order valence-corrected chi connectivity index (χ2v) is 6.28. The maximum Gasteiger partial charge on any atom is 0.410 e. The van der Waals surface area contributed by atoms with Gasteiger partial charge >= 0.3 is 6.09 Å². The van der Waals surface area contributed by atoms with Crippen LogP contribution < -0.4 is 5.32 Å². The van der Waals surface area contributed by atoms with Gasteiger partial charge in [0, 0.05) is 25.2 Å². The van der Waals surface area contributed by atoms with Crippen LogP contribution in [0, 0.1) is 0 Å². The van der Waals surface area contributed by atoms with E-state index in [0.29, 0.717) is 12.6 Å². The molecule has 1 aliphatic heterocycles. The lowest BCUT2D eigenvalue weighted by Crippen LogP contribution is -2.42. The predicted octanol–water partition coefficient (Wildman–Crippen LogP) is 1.75. The van der Waals surface area contributed by atoms with E-state index >= 15 is 0 Å². The number of ether oxygens (including phenoxy) is 1. The third-order valence-electron chi connectivity index (χ3n) is 3.24. The minimum Gasteiger partial charge on any atom is -0.444 e. The molecule has 1 aliphatic rings. The van der Waals surface area contributed by atoms with Gasteiger partial charge in [-0.1, -0.05) is 0 Å². The van der Waals surface area contributed by atoms with Crippen LogP contribution >= 0.6 is 0 Å². The van der Waals surface area contributed by atoms with Gasteiger partial charge in [-0.3, -0.25) is 0 Å². The largest absolute Gasteiger partial charge is 0.444 e. The van der Waals surface area contributed by atoms with Crippen molar-refractivity contribution in [3.05, 3.63) is 0 Å². The van der Waals surface area contributed by atoms with E-state index in [0.717, 1.165) is 25.8 Å². The summed E-state index contributed by atoms with van der Waals surface area (Å²) in [7, 11) is 0. The van der Waals surface area contributed by atoms with Gasteiger partial charge in [0.15, 0.2) is 0 Å². The second-order valence-electron chi connectivity index (χ2n) is 6.28. The zero-order chi connectivity index (χ0) is 14.5. The molecule has 1 heterocycles. The molecule has 1 amide bonds. The standard InChI is InChI=1S/C14H28N2O3/c1-11(15-7-9-17)10-12-6-5-8-16(12)13(18)19-14(2,3)4/h11-12,15,17H,5-10H2,1-4H3. The zero-order valence-corrected chi connectivity index (χ0v) is 12.6. The van der Waals surface area contributed by atoms with Crippen LogP contribution in [0.1, 0.15) is 47.0 Å². The molecule has 0 aliphatic carbocycles. The minimum atomic E-state index is -0.440. The van der Waals surface area contributed by atoms with Crippen LogP contribution in [0.15, 0.2) is 0 Å². The lowest BCUT2D eigenvalue weighted by Gasteiger charge is -2.30. The summed E-state index contributed by atoms with van der Waals surface area (Å²) < 4.78 is 5.44. The average Bonchev–Trinajstić information content (AvgIpc) is 2.72. The van der Waals surface area contributed by atoms with Crippen molar-refractivity contribution in [1.29, 1.82) is 0 Å². The molecule has 0 saturated carbocycles. The van der Waals surface area contributed by atoms with Crippen LogP contribution in [0.2, 0.25) is 0 Å². The Labute approximate surface area is 116 Å². The normalized spacial score (nSPS) is 21.5. The highest BCUT2D eigenvalue weighted by Gasteiger charge is 2.32. The Hall–Kier alpha value is -0.810. The second kappa shape index (κ2) is 7.10.